The van der Waals surface area contributed by atoms with Gasteiger partial charge in [0.1, 0.15) is 13.2 Å². The predicted molar refractivity (Wildman–Crippen MR) is 407 cm³/mol. The minimum absolute atomic E-state index is 0.144. The highest BCUT2D eigenvalue weighted by molar-refractivity contribution is 5.70. The molecule has 0 aromatic rings. The lowest BCUT2D eigenvalue weighted by Gasteiger charge is -2.26. The van der Waals surface area contributed by atoms with Crippen LogP contribution in [-0.2, 0) is 33.3 Å². The predicted octanol–water partition coefficient (Wildman–Crippen LogP) is 23.9. The zero-order valence-electron chi connectivity index (χ0n) is 62.3. The summed E-state index contributed by atoms with van der Waals surface area (Å²) in [4.78, 5) is 37.6. The molecule has 0 aliphatic rings. The molecule has 0 radical (unpaired) electrons. The molecule has 0 saturated heterocycles. The molecule has 0 aromatic carbocycles. The second-order valence-corrected chi connectivity index (χ2v) is 27.3. The van der Waals surface area contributed by atoms with Crippen LogP contribution in [0, 0.1) is 0 Å². The number of hydrogen-bond donors (Lipinski definition) is 0. The van der Waals surface area contributed by atoms with Gasteiger partial charge in [-0.2, -0.15) is 0 Å². The smallest absolute Gasteiger partial charge is 0.306 e. The quantitative estimate of drug-likeness (QED) is 0.0195. The first-order valence-corrected chi connectivity index (χ1v) is 39.3. The van der Waals surface area contributed by atoms with Crippen molar-refractivity contribution < 1.29 is 42.9 Å². The highest BCUT2D eigenvalue weighted by atomic mass is 16.7. The van der Waals surface area contributed by atoms with Gasteiger partial charge < -0.3 is 33.3 Å². The number of carbonyl (C=O) groups excluding carboxylic acids is 3. The molecule has 544 valence electrons. The van der Waals surface area contributed by atoms with E-state index < -0.39 is 24.3 Å². The summed E-state index contributed by atoms with van der Waals surface area (Å²) < 4.78 is 22.9. The van der Waals surface area contributed by atoms with Crippen molar-refractivity contribution in [2.45, 2.75) is 347 Å². The SMILES string of the molecule is CC/C=C\C/C=C\C/C=C\C/C=C\C/C=C\C/C=C\C/C=C\C/C=C\C/C=C\CCCCCCCCCCCCCCCC(=O)OC(COC(=O)CCCCCCCCCCCCCCCCCCC/C=C\C/C=C\CCCCCCC)COC(OCC[N+](C)(C)C)C(=O)[O-]. The van der Waals surface area contributed by atoms with E-state index in [1.807, 2.05) is 21.1 Å². The van der Waals surface area contributed by atoms with Crippen molar-refractivity contribution in [3.63, 3.8) is 0 Å². The number of quaternary nitrogens is 1. The van der Waals surface area contributed by atoms with Crippen LogP contribution in [0.15, 0.2) is 134 Å². The van der Waals surface area contributed by atoms with Crippen molar-refractivity contribution in [3.05, 3.63) is 134 Å². The molecule has 0 bridgehead atoms. The first-order valence-electron chi connectivity index (χ1n) is 39.3. The number of esters is 2. The van der Waals surface area contributed by atoms with Crippen LogP contribution in [0.2, 0.25) is 0 Å². The first kappa shape index (κ1) is 90.4. The third-order valence-corrected chi connectivity index (χ3v) is 16.9. The van der Waals surface area contributed by atoms with E-state index in [9.17, 15) is 19.5 Å². The Kier molecular flexibility index (Phi) is 71.6. The highest BCUT2D eigenvalue weighted by Gasteiger charge is 2.22. The Labute approximate surface area is 586 Å². The molecule has 0 aromatic heterocycles. The van der Waals surface area contributed by atoms with E-state index >= 15 is 0 Å². The van der Waals surface area contributed by atoms with Gasteiger partial charge in [0.05, 0.1) is 40.3 Å². The molecule has 0 amide bonds. The molecular formula is C86H147NO8. The summed E-state index contributed by atoms with van der Waals surface area (Å²) in [6.45, 7) is 4.65. The number of carbonyl (C=O) groups is 3. The molecule has 0 aliphatic carbocycles. The zero-order valence-corrected chi connectivity index (χ0v) is 62.3. The van der Waals surface area contributed by atoms with E-state index in [1.54, 1.807) is 0 Å². The maximum Gasteiger partial charge on any atom is 0.306 e. The van der Waals surface area contributed by atoms with Gasteiger partial charge in [0.15, 0.2) is 12.4 Å². The number of allylic oxidation sites excluding steroid dienone is 22. The Morgan fingerprint density at radius 3 is 0.895 bits per heavy atom. The van der Waals surface area contributed by atoms with E-state index in [-0.39, 0.29) is 38.6 Å². The summed E-state index contributed by atoms with van der Waals surface area (Å²) in [6, 6.07) is 0. The summed E-state index contributed by atoms with van der Waals surface area (Å²) in [5, 5.41) is 11.9. The van der Waals surface area contributed by atoms with Gasteiger partial charge in [-0.25, -0.2) is 0 Å². The average molecular weight is 1320 g/mol. The molecule has 0 heterocycles. The standard InChI is InChI=1S/C86H147NO8/c1-6-8-10-12-14-16-18-20-22-24-26-28-30-32-34-36-37-38-39-40-41-42-43-44-45-46-47-49-51-53-55-57-59-61-63-65-67-69-71-73-75-77-84(89)95-82(81-94-86(85(90)91)92-79-78-87(3,4)5)80-93-83(88)76-74-72-70-68-66-64-62-60-58-56-54-52-50-48-35-33-31-29-27-25-23-21-19-17-15-13-11-9-7-2/h8,10,14,16,19-22,25-28,32,34,37-38,40-41,43-44,46-47,82,86H,6-7,9,11-13,15,17-18,23-24,29-31,33,35-36,39,42,45,48-81H2,1-5H3/b10-8-,16-14-,21-19-,22-20-,27-25-,28-26-,34-32-,38-37-,41-40-,44-43-,47-46-. The van der Waals surface area contributed by atoms with Crippen LogP contribution in [-0.4, -0.2) is 82.3 Å². The van der Waals surface area contributed by atoms with E-state index in [4.69, 9.17) is 18.9 Å². The fraction of sp³-hybridized carbons (Fsp3) is 0.709. The monoisotopic (exact) mass is 1320 g/mol. The van der Waals surface area contributed by atoms with Crippen LogP contribution in [0.25, 0.3) is 0 Å². The number of rotatable bonds is 72. The molecule has 95 heavy (non-hydrogen) atoms. The summed E-state index contributed by atoms with van der Waals surface area (Å²) in [7, 11) is 5.94. The van der Waals surface area contributed by atoms with Crippen molar-refractivity contribution >= 4 is 17.9 Å². The number of carboxylic acid groups (broad SMARTS) is 1. The minimum Gasteiger partial charge on any atom is -0.545 e. The van der Waals surface area contributed by atoms with Crippen LogP contribution < -0.4 is 5.11 Å². The lowest BCUT2D eigenvalue weighted by Crippen LogP contribution is -2.44. The Morgan fingerprint density at radius 1 is 0.326 bits per heavy atom. The molecule has 2 unspecified atom stereocenters. The van der Waals surface area contributed by atoms with Crippen molar-refractivity contribution in [2.75, 3.05) is 47.5 Å². The van der Waals surface area contributed by atoms with Gasteiger partial charge in [-0.3, -0.25) is 9.59 Å². The van der Waals surface area contributed by atoms with Crippen LogP contribution in [0.1, 0.15) is 335 Å². The summed E-state index contributed by atoms with van der Waals surface area (Å²) in [5.41, 5.74) is 0. The average Bonchev–Trinajstić information content (AvgIpc) is 3.54. The van der Waals surface area contributed by atoms with E-state index in [2.05, 4.69) is 148 Å². The van der Waals surface area contributed by atoms with Gasteiger partial charge in [-0.1, -0.05) is 340 Å². The zero-order chi connectivity index (χ0) is 69.0. The Hall–Kier alpha value is -4.57. The number of ether oxygens (including phenoxy) is 4. The molecule has 0 aliphatic heterocycles. The van der Waals surface area contributed by atoms with Crippen LogP contribution in [0.5, 0.6) is 0 Å². The normalized spacial score (nSPS) is 13.4. The highest BCUT2D eigenvalue weighted by Crippen LogP contribution is 2.18. The number of unbranched alkanes of at least 4 members (excludes halogenated alkanes) is 35. The maximum absolute atomic E-state index is 13.0. The molecule has 0 rings (SSSR count). The topological polar surface area (TPSA) is 111 Å². The maximum atomic E-state index is 13.0. The molecule has 2 atom stereocenters. The molecule has 9 heteroatoms. The molecule has 0 saturated carbocycles. The third-order valence-electron chi connectivity index (χ3n) is 16.9. The fourth-order valence-electron chi connectivity index (χ4n) is 10.9. The van der Waals surface area contributed by atoms with E-state index in [0.717, 1.165) is 103 Å². The van der Waals surface area contributed by atoms with E-state index in [0.29, 0.717) is 17.4 Å². The largest absolute Gasteiger partial charge is 0.545 e. The first-order chi connectivity index (χ1) is 46.6. The molecule has 9 nitrogen and oxygen atoms in total. The Morgan fingerprint density at radius 2 is 0.600 bits per heavy atom. The van der Waals surface area contributed by atoms with Crippen LogP contribution in [0.4, 0.5) is 0 Å². The molecular weight excluding hydrogens is 1170 g/mol. The van der Waals surface area contributed by atoms with Gasteiger partial charge in [-0.05, 0) is 116 Å². The molecule has 0 fully saturated rings. The van der Waals surface area contributed by atoms with Gasteiger partial charge in [0.25, 0.3) is 0 Å². The van der Waals surface area contributed by atoms with Crippen molar-refractivity contribution in [1.82, 2.24) is 0 Å². The van der Waals surface area contributed by atoms with Gasteiger partial charge >= 0.3 is 11.9 Å². The number of hydrogen-bond acceptors (Lipinski definition) is 8. The second-order valence-electron chi connectivity index (χ2n) is 27.3. The lowest BCUT2D eigenvalue weighted by molar-refractivity contribution is -0.870. The van der Waals surface area contributed by atoms with Crippen LogP contribution >= 0.6 is 0 Å². The van der Waals surface area contributed by atoms with Gasteiger partial charge in [-0.15, -0.1) is 0 Å². The van der Waals surface area contributed by atoms with Gasteiger partial charge in [0, 0.05) is 12.8 Å². The Balaban J connectivity index is 4.07. The molecule has 0 N–H and O–H groups in total. The van der Waals surface area contributed by atoms with Crippen molar-refractivity contribution in [2.24, 2.45) is 0 Å². The summed E-state index contributed by atoms with van der Waals surface area (Å²) in [5.74, 6) is -2.28. The fourth-order valence-corrected chi connectivity index (χ4v) is 10.9. The second kappa shape index (κ2) is 75.2. The molecule has 0 spiro atoms. The number of aliphatic carboxylic acids is 1. The lowest BCUT2D eigenvalue weighted by atomic mass is 10.0. The van der Waals surface area contributed by atoms with E-state index in [1.165, 1.54) is 199 Å². The number of likely N-dealkylation sites (N-methyl/N-ethyl adjacent to an activating group) is 1. The number of nitrogens with zero attached hydrogens (tertiary/aromatic N) is 1. The van der Waals surface area contributed by atoms with Crippen LogP contribution in [0.3, 0.4) is 0 Å². The van der Waals surface area contributed by atoms with Crippen molar-refractivity contribution in [3.8, 4) is 0 Å². The third kappa shape index (κ3) is 76.7. The minimum atomic E-state index is -1.63. The summed E-state index contributed by atoms with van der Waals surface area (Å²) in [6.07, 6.45) is 106. The van der Waals surface area contributed by atoms with Gasteiger partial charge in [0.2, 0.25) is 0 Å². The summed E-state index contributed by atoms with van der Waals surface area (Å²) >= 11 is 0. The Bertz CT molecular complexity index is 2030. The van der Waals surface area contributed by atoms with Crippen molar-refractivity contribution in [1.29, 1.82) is 0 Å². The number of carboxylic acids is 1.